The van der Waals surface area contributed by atoms with Gasteiger partial charge < -0.3 is 15.0 Å². The molecule has 3 fully saturated rings. The average molecular weight is 343 g/mol. The summed E-state index contributed by atoms with van der Waals surface area (Å²) in [4.78, 5) is 17.8. The van der Waals surface area contributed by atoms with Gasteiger partial charge in [0.2, 0.25) is 5.91 Å². The topological polar surface area (TPSA) is 44.8 Å². The second kappa shape index (κ2) is 7.85. The lowest BCUT2D eigenvalue weighted by atomic mass is 9.88. The van der Waals surface area contributed by atoms with Gasteiger partial charge in [-0.3, -0.25) is 9.69 Å². The van der Waals surface area contributed by atoms with Crippen molar-refractivity contribution in [1.82, 2.24) is 15.1 Å². The highest BCUT2D eigenvalue weighted by molar-refractivity contribution is 5.80. The number of carbonyl (C=O) groups is 1. The van der Waals surface area contributed by atoms with E-state index in [1.165, 1.54) is 6.42 Å². The Morgan fingerprint density at radius 1 is 1.08 bits per heavy atom. The largest absolute Gasteiger partial charge is 0.373 e. The Balaban J connectivity index is 1.39. The molecule has 136 valence electrons. The monoisotopic (exact) mass is 343 g/mol. The number of piperazine rings is 1. The van der Waals surface area contributed by atoms with Crippen LogP contribution in [0.2, 0.25) is 0 Å². The van der Waals surface area contributed by atoms with E-state index in [9.17, 15) is 4.79 Å². The van der Waals surface area contributed by atoms with Crippen LogP contribution in [0, 0.1) is 5.92 Å². The number of benzene rings is 1. The molecular formula is C20H29N3O2. The van der Waals surface area contributed by atoms with E-state index in [-0.39, 0.29) is 17.9 Å². The quantitative estimate of drug-likeness (QED) is 0.907. The van der Waals surface area contributed by atoms with Crippen LogP contribution in [0.4, 0.5) is 0 Å². The van der Waals surface area contributed by atoms with Gasteiger partial charge >= 0.3 is 0 Å². The fraction of sp³-hybridized carbons (Fsp3) is 0.650. The minimum absolute atomic E-state index is 0.0316. The lowest BCUT2D eigenvalue weighted by molar-refractivity contribution is -0.147. The Morgan fingerprint density at radius 3 is 2.60 bits per heavy atom. The zero-order valence-electron chi connectivity index (χ0n) is 14.9. The molecule has 5 nitrogen and oxygen atoms in total. The van der Waals surface area contributed by atoms with Gasteiger partial charge in [0.05, 0.1) is 12.0 Å². The maximum atomic E-state index is 13.2. The van der Waals surface area contributed by atoms with E-state index in [0.717, 1.165) is 64.3 Å². The van der Waals surface area contributed by atoms with Crippen LogP contribution >= 0.6 is 0 Å². The molecule has 3 aliphatic rings. The Morgan fingerprint density at radius 2 is 1.88 bits per heavy atom. The van der Waals surface area contributed by atoms with Crippen molar-refractivity contribution in [2.75, 3.05) is 45.9 Å². The predicted molar refractivity (Wildman–Crippen MR) is 97.3 cm³/mol. The summed E-state index contributed by atoms with van der Waals surface area (Å²) >= 11 is 0. The van der Waals surface area contributed by atoms with Gasteiger partial charge in [-0.15, -0.1) is 0 Å². The van der Waals surface area contributed by atoms with Gasteiger partial charge in [-0.05, 0) is 31.4 Å². The Hall–Kier alpha value is -1.43. The molecule has 3 atom stereocenters. The van der Waals surface area contributed by atoms with Crippen LogP contribution in [0.3, 0.4) is 0 Å². The van der Waals surface area contributed by atoms with Crippen LogP contribution < -0.4 is 5.32 Å². The molecule has 1 aromatic carbocycles. The number of amides is 1. The van der Waals surface area contributed by atoms with Crippen LogP contribution in [0.5, 0.6) is 0 Å². The first-order chi connectivity index (χ1) is 12.3. The first-order valence-electron chi connectivity index (χ1n) is 9.73. The minimum Gasteiger partial charge on any atom is -0.373 e. The second-order valence-electron chi connectivity index (χ2n) is 7.46. The highest BCUT2D eigenvalue weighted by Crippen LogP contribution is 2.35. The molecule has 0 bridgehead atoms. The van der Waals surface area contributed by atoms with E-state index in [4.69, 9.17) is 4.74 Å². The summed E-state index contributed by atoms with van der Waals surface area (Å²) in [6.07, 6.45) is 3.07. The fourth-order valence-corrected chi connectivity index (χ4v) is 4.50. The fourth-order valence-electron chi connectivity index (χ4n) is 4.50. The Kier molecular flexibility index (Phi) is 5.34. The minimum atomic E-state index is -0.0838. The summed E-state index contributed by atoms with van der Waals surface area (Å²) in [5.41, 5.74) is 1.14. The Labute approximate surface area is 150 Å². The van der Waals surface area contributed by atoms with Crippen molar-refractivity contribution in [2.45, 2.75) is 31.4 Å². The van der Waals surface area contributed by atoms with E-state index >= 15 is 0 Å². The molecule has 5 heteroatoms. The van der Waals surface area contributed by atoms with Gasteiger partial charge in [-0.25, -0.2) is 0 Å². The van der Waals surface area contributed by atoms with Crippen molar-refractivity contribution in [2.24, 2.45) is 5.92 Å². The molecule has 0 aromatic heterocycles. The first kappa shape index (κ1) is 17.0. The molecule has 3 aliphatic heterocycles. The van der Waals surface area contributed by atoms with Crippen molar-refractivity contribution in [3.05, 3.63) is 35.9 Å². The summed E-state index contributed by atoms with van der Waals surface area (Å²) < 4.78 is 6.02. The van der Waals surface area contributed by atoms with E-state index in [1.807, 2.05) is 18.2 Å². The van der Waals surface area contributed by atoms with Crippen molar-refractivity contribution < 1.29 is 9.53 Å². The van der Waals surface area contributed by atoms with Crippen molar-refractivity contribution in [3.8, 4) is 0 Å². The molecule has 1 aromatic rings. The van der Waals surface area contributed by atoms with Crippen molar-refractivity contribution in [3.63, 3.8) is 0 Å². The van der Waals surface area contributed by atoms with E-state index < -0.39 is 0 Å². The first-order valence-corrected chi connectivity index (χ1v) is 9.73. The number of nitrogens with zero attached hydrogens (tertiary/aromatic N) is 2. The summed E-state index contributed by atoms with van der Waals surface area (Å²) in [7, 11) is 0. The lowest BCUT2D eigenvalue weighted by Crippen LogP contribution is -2.54. The zero-order valence-corrected chi connectivity index (χ0v) is 14.9. The number of rotatable bonds is 3. The summed E-state index contributed by atoms with van der Waals surface area (Å²) in [6, 6.07) is 10.9. The molecule has 3 unspecified atom stereocenters. The molecule has 0 spiro atoms. The molecule has 1 N–H and O–H groups in total. The van der Waals surface area contributed by atoms with Gasteiger partial charge in [0.1, 0.15) is 0 Å². The maximum Gasteiger partial charge on any atom is 0.228 e. The van der Waals surface area contributed by atoms with Crippen LogP contribution in [-0.2, 0) is 9.53 Å². The molecule has 0 aliphatic carbocycles. The third-order valence-corrected chi connectivity index (χ3v) is 5.94. The molecule has 0 radical (unpaired) electrons. The molecule has 1 amide bonds. The number of hydrogen-bond acceptors (Lipinski definition) is 4. The van der Waals surface area contributed by atoms with E-state index in [2.05, 4.69) is 27.2 Å². The third-order valence-electron chi connectivity index (χ3n) is 5.94. The van der Waals surface area contributed by atoms with E-state index in [1.54, 1.807) is 0 Å². The number of ether oxygens (including phenoxy) is 1. The molecule has 3 saturated heterocycles. The summed E-state index contributed by atoms with van der Waals surface area (Å²) in [5, 5.41) is 3.44. The van der Waals surface area contributed by atoms with Gasteiger partial charge in [0.15, 0.2) is 0 Å². The molecule has 3 heterocycles. The van der Waals surface area contributed by atoms with Gasteiger partial charge in [-0.2, -0.15) is 0 Å². The van der Waals surface area contributed by atoms with Crippen LogP contribution in [0.25, 0.3) is 0 Å². The third kappa shape index (κ3) is 3.73. The van der Waals surface area contributed by atoms with Gasteiger partial charge in [0.25, 0.3) is 0 Å². The maximum absolute atomic E-state index is 13.2. The van der Waals surface area contributed by atoms with Crippen LogP contribution in [0.1, 0.15) is 30.9 Å². The molecule has 0 saturated carbocycles. The van der Waals surface area contributed by atoms with E-state index in [0.29, 0.717) is 6.04 Å². The summed E-state index contributed by atoms with van der Waals surface area (Å²) in [6.45, 7) is 6.69. The van der Waals surface area contributed by atoms with Crippen molar-refractivity contribution >= 4 is 5.91 Å². The Bertz CT molecular complexity index is 566. The SMILES string of the molecule is O=C(C1CCCOC1c1ccccc1)N1CCN(C2CCNC2)CC1. The second-order valence-corrected chi connectivity index (χ2v) is 7.46. The van der Waals surface area contributed by atoms with Crippen molar-refractivity contribution in [1.29, 1.82) is 0 Å². The molecular weight excluding hydrogens is 314 g/mol. The standard InChI is InChI=1S/C20H29N3O2/c24-20(23-12-10-22(11-13-23)17-8-9-21-15-17)18-7-4-14-25-19(18)16-5-2-1-3-6-16/h1-3,5-6,17-19,21H,4,7-15H2. The van der Waals surface area contributed by atoms with Crippen LogP contribution in [0.15, 0.2) is 30.3 Å². The zero-order chi connectivity index (χ0) is 17.1. The normalized spacial score (nSPS) is 31.2. The number of hydrogen-bond donors (Lipinski definition) is 1. The van der Waals surface area contributed by atoms with Gasteiger partial charge in [-0.1, -0.05) is 30.3 Å². The van der Waals surface area contributed by atoms with Crippen LogP contribution in [-0.4, -0.2) is 67.6 Å². The molecule has 25 heavy (non-hydrogen) atoms. The number of carbonyl (C=O) groups excluding carboxylic acids is 1. The lowest BCUT2D eigenvalue weighted by Gasteiger charge is -2.41. The molecule has 4 rings (SSSR count). The smallest absolute Gasteiger partial charge is 0.228 e. The predicted octanol–water partition coefficient (Wildman–Crippen LogP) is 1.66. The highest BCUT2D eigenvalue weighted by atomic mass is 16.5. The number of nitrogens with one attached hydrogen (secondary N) is 1. The highest BCUT2D eigenvalue weighted by Gasteiger charge is 2.37. The average Bonchev–Trinajstić information content (AvgIpc) is 3.23. The van der Waals surface area contributed by atoms with Gasteiger partial charge in [0, 0.05) is 45.4 Å². The summed E-state index contributed by atoms with van der Waals surface area (Å²) in [5.74, 6) is 0.258.